The highest BCUT2D eigenvalue weighted by Crippen LogP contribution is 2.17. The number of benzene rings is 2. The Balaban J connectivity index is 2.00. The summed E-state index contributed by atoms with van der Waals surface area (Å²) in [7, 11) is -0.913. The molecule has 88 valence electrons. The number of aryl methyl sites for hydroxylation is 1. The van der Waals surface area contributed by atoms with Crippen LogP contribution in [0.2, 0.25) is 0 Å². The van der Waals surface area contributed by atoms with Gasteiger partial charge in [0, 0.05) is 15.1 Å². The normalized spacial score (nSPS) is 12.3. The summed E-state index contributed by atoms with van der Waals surface area (Å²) < 4.78 is 13.1. The first-order chi connectivity index (χ1) is 8.27. The second kappa shape index (κ2) is 6.12. The first-order valence-corrected chi connectivity index (χ1v) is 7.55. The van der Waals surface area contributed by atoms with Gasteiger partial charge in [-0.2, -0.15) is 0 Å². The van der Waals surface area contributed by atoms with E-state index < -0.39 is 10.8 Å². The number of hydrogen-bond acceptors (Lipinski definition) is 1. The van der Waals surface area contributed by atoms with Gasteiger partial charge in [-0.25, -0.2) is 0 Å². The van der Waals surface area contributed by atoms with Crippen LogP contribution in [-0.2, 0) is 17.2 Å². The summed E-state index contributed by atoms with van der Waals surface area (Å²) in [5, 5.41) is 0. The molecule has 0 aliphatic heterocycles. The summed E-state index contributed by atoms with van der Waals surface area (Å²) >= 11 is 3.50. The van der Waals surface area contributed by atoms with Gasteiger partial charge in [-0.05, 0) is 30.2 Å². The molecule has 0 saturated heterocycles. The molecular weight excluding hydrogens is 296 g/mol. The fourth-order valence-corrected chi connectivity index (χ4v) is 3.18. The largest absolute Gasteiger partial charge is 0.254 e. The monoisotopic (exact) mass is 308 g/mol. The van der Waals surface area contributed by atoms with E-state index in [1.807, 2.05) is 48.5 Å². The Morgan fingerprint density at radius 2 is 1.59 bits per heavy atom. The Bertz CT molecular complexity index is 511. The van der Waals surface area contributed by atoms with E-state index in [0.29, 0.717) is 5.75 Å². The Labute approximate surface area is 112 Å². The number of hydrogen-bond donors (Lipinski definition) is 0. The van der Waals surface area contributed by atoms with Crippen molar-refractivity contribution in [3.05, 3.63) is 64.6 Å². The quantitative estimate of drug-likeness (QED) is 0.839. The lowest BCUT2D eigenvalue weighted by Crippen LogP contribution is -2.01. The molecule has 0 amide bonds. The Hall–Kier alpha value is -0.930. The minimum atomic E-state index is -0.913. The van der Waals surface area contributed by atoms with Crippen molar-refractivity contribution in [1.82, 2.24) is 0 Å². The van der Waals surface area contributed by atoms with Crippen LogP contribution < -0.4 is 0 Å². The van der Waals surface area contributed by atoms with Crippen LogP contribution in [-0.4, -0.2) is 9.96 Å². The fraction of sp³-hybridized carbons (Fsp3) is 0.143. The minimum absolute atomic E-state index is 0.659. The van der Waals surface area contributed by atoms with Crippen LogP contribution in [0.15, 0.2) is 64.0 Å². The molecule has 0 heterocycles. The van der Waals surface area contributed by atoms with E-state index in [0.717, 1.165) is 15.8 Å². The van der Waals surface area contributed by atoms with Gasteiger partial charge in [0.25, 0.3) is 0 Å². The molecule has 0 unspecified atom stereocenters. The van der Waals surface area contributed by atoms with Crippen molar-refractivity contribution in [2.45, 2.75) is 11.3 Å². The zero-order valence-electron chi connectivity index (χ0n) is 9.30. The lowest BCUT2D eigenvalue weighted by atomic mass is 10.2. The van der Waals surface area contributed by atoms with Crippen molar-refractivity contribution in [3.8, 4) is 0 Å². The van der Waals surface area contributed by atoms with Gasteiger partial charge in [0.15, 0.2) is 0 Å². The van der Waals surface area contributed by atoms with Crippen LogP contribution in [0.4, 0.5) is 0 Å². The highest BCUT2D eigenvalue weighted by atomic mass is 79.9. The molecule has 0 spiro atoms. The third-order valence-corrected chi connectivity index (χ3v) is 4.67. The Morgan fingerprint density at radius 1 is 0.941 bits per heavy atom. The molecule has 0 aromatic heterocycles. The number of rotatable bonds is 4. The van der Waals surface area contributed by atoms with Crippen molar-refractivity contribution >= 4 is 26.7 Å². The van der Waals surface area contributed by atoms with Crippen LogP contribution >= 0.6 is 15.9 Å². The SMILES string of the molecule is O=[S@@](CCc1ccccc1Br)c1ccccc1. The maximum atomic E-state index is 12.0. The smallest absolute Gasteiger partial charge is 0.0532 e. The summed E-state index contributed by atoms with van der Waals surface area (Å²) in [6.07, 6.45) is 0.822. The lowest BCUT2D eigenvalue weighted by Gasteiger charge is -2.04. The van der Waals surface area contributed by atoms with Gasteiger partial charge in [0.1, 0.15) is 0 Å². The molecule has 17 heavy (non-hydrogen) atoms. The van der Waals surface area contributed by atoms with Crippen molar-refractivity contribution < 1.29 is 4.21 Å². The van der Waals surface area contributed by atoms with E-state index in [1.165, 1.54) is 5.56 Å². The molecule has 1 atom stereocenters. The standard InChI is InChI=1S/C14H13BrOS/c15-14-9-5-4-6-12(14)10-11-17(16)13-7-2-1-3-8-13/h1-9H,10-11H2/t17-/m0/s1. The predicted molar refractivity (Wildman–Crippen MR) is 75.6 cm³/mol. The fourth-order valence-electron chi connectivity index (χ4n) is 1.59. The van der Waals surface area contributed by atoms with E-state index in [-0.39, 0.29) is 0 Å². The molecule has 3 heteroatoms. The van der Waals surface area contributed by atoms with Crippen LogP contribution in [0.5, 0.6) is 0 Å². The van der Waals surface area contributed by atoms with Gasteiger partial charge in [-0.15, -0.1) is 0 Å². The third-order valence-electron chi connectivity index (χ3n) is 2.52. The van der Waals surface area contributed by atoms with Crippen LogP contribution in [0.3, 0.4) is 0 Å². The number of halogens is 1. The van der Waals surface area contributed by atoms with Crippen LogP contribution in [0.1, 0.15) is 5.56 Å². The molecule has 2 rings (SSSR count). The summed E-state index contributed by atoms with van der Waals surface area (Å²) in [4.78, 5) is 0.902. The average molecular weight is 309 g/mol. The molecule has 0 N–H and O–H groups in total. The van der Waals surface area contributed by atoms with E-state index in [1.54, 1.807) is 0 Å². The first kappa shape index (κ1) is 12.5. The van der Waals surface area contributed by atoms with Crippen molar-refractivity contribution in [3.63, 3.8) is 0 Å². The second-order valence-corrected chi connectivity index (χ2v) is 6.13. The topological polar surface area (TPSA) is 17.1 Å². The molecule has 0 saturated carbocycles. The highest BCUT2D eigenvalue weighted by molar-refractivity contribution is 9.10. The predicted octanol–water partition coefficient (Wildman–Crippen LogP) is 3.80. The van der Waals surface area contributed by atoms with E-state index in [2.05, 4.69) is 22.0 Å². The Morgan fingerprint density at radius 3 is 2.29 bits per heavy atom. The maximum Gasteiger partial charge on any atom is 0.0532 e. The van der Waals surface area contributed by atoms with Gasteiger partial charge in [0.2, 0.25) is 0 Å². The van der Waals surface area contributed by atoms with Gasteiger partial charge in [-0.1, -0.05) is 52.3 Å². The average Bonchev–Trinajstić information content (AvgIpc) is 2.38. The van der Waals surface area contributed by atoms with Gasteiger partial charge in [-0.3, -0.25) is 4.21 Å². The third kappa shape index (κ3) is 3.51. The summed E-state index contributed by atoms with van der Waals surface area (Å²) in [5.74, 6) is 0.659. The molecule has 0 aliphatic carbocycles. The molecular formula is C14H13BrOS. The molecule has 0 fully saturated rings. The second-order valence-electron chi connectivity index (χ2n) is 3.70. The summed E-state index contributed by atoms with van der Waals surface area (Å²) in [5.41, 5.74) is 1.21. The van der Waals surface area contributed by atoms with E-state index in [4.69, 9.17) is 0 Å². The van der Waals surface area contributed by atoms with Crippen molar-refractivity contribution in [2.75, 3.05) is 5.75 Å². The van der Waals surface area contributed by atoms with Crippen molar-refractivity contribution in [2.24, 2.45) is 0 Å². The molecule has 0 aliphatic rings. The van der Waals surface area contributed by atoms with Crippen LogP contribution in [0, 0.1) is 0 Å². The minimum Gasteiger partial charge on any atom is -0.254 e. The zero-order chi connectivity index (χ0) is 12.1. The van der Waals surface area contributed by atoms with E-state index >= 15 is 0 Å². The van der Waals surface area contributed by atoms with Gasteiger partial charge < -0.3 is 0 Å². The van der Waals surface area contributed by atoms with E-state index in [9.17, 15) is 4.21 Å². The van der Waals surface area contributed by atoms with Crippen LogP contribution in [0.25, 0.3) is 0 Å². The maximum absolute atomic E-state index is 12.0. The lowest BCUT2D eigenvalue weighted by molar-refractivity contribution is 0.682. The van der Waals surface area contributed by atoms with Gasteiger partial charge >= 0.3 is 0 Å². The highest BCUT2D eigenvalue weighted by Gasteiger charge is 2.05. The Kier molecular flexibility index (Phi) is 4.51. The molecule has 2 aromatic carbocycles. The zero-order valence-corrected chi connectivity index (χ0v) is 11.7. The molecule has 0 bridgehead atoms. The molecule has 1 nitrogen and oxygen atoms in total. The molecule has 2 aromatic rings. The molecule has 0 radical (unpaired) electrons. The van der Waals surface area contributed by atoms with Gasteiger partial charge in [0.05, 0.1) is 10.8 Å². The summed E-state index contributed by atoms with van der Waals surface area (Å²) in [6.45, 7) is 0. The summed E-state index contributed by atoms with van der Waals surface area (Å²) in [6, 6.07) is 17.7. The van der Waals surface area contributed by atoms with Crippen molar-refractivity contribution in [1.29, 1.82) is 0 Å². The first-order valence-electron chi connectivity index (χ1n) is 5.44.